The molecule has 3 aromatic rings. The van der Waals surface area contributed by atoms with E-state index in [0.29, 0.717) is 23.5 Å². The average molecular weight is 332 g/mol. The SMILES string of the molecule is CCc1nc2c(C)cccn2c1C(=O)Nc1ccc(F)c(Cl)c1. The molecule has 1 amide bonds. The summed E-state index contributed by atoms with van der Waals surface area (Å²) >= 11 is 5.75. The number of halogens is 2. The molecule has 4 nitrogen and oxygen atoms in total. The van der Waals surface area contributed by atoms with Gasteiger partial charge in [0.05, 0.1) is 10.7 Å². The van der Waals surface area contributed by atoms with Crippen molar-refractivity contribution in [2.24, 2.45) is 0 Å². The lowest BCUT2D eigenvalue weighted by atomic mass is 10.2. The summed E-state index contributed by atoms with van der Waals surface area (Å²) < 4.78 is 15.0. The van der Waals surface area contributed by atoms with E-state index in [1.165, 1.54) is 18.2 Å². The number of amides is 1. The van der Waals surface area contributed by atoms with Crippen LogP contribution < -0.4 is 5.32 Å². The molecule has 0 aliphatic heterocycles. The molecule has 6 heteroatoms. The van der Waals surface area contributed by atoms with E-state index in [-0.39, 0.29) is 10.9 Å². The van der Waals surface area contributed by atoms with Crippen LogP contribution >= 0.6 is 11.6 Å². The maximum Gasteiger partial charge on any atom is 0.274 e. The molecule has 1 aromatic carbocycles. The molecule has 0 aliphatic rings. The molecule has 0 radical (unpaired) electrons. The van der Waals surface area contributed by atoms with Crippen LogP contribution in [0.5, 0.6) is 0 Å². The van der Waals surface area contributed by atoms with Crippen molar-refractivity contribution in [1.29, 1.82) is 0 Å². The number of nitrogens with one attached hydrogen (secondary N) is 1. The van der Waals surface area contributed by atoms with Crippen molar-refractivity contribution in [3.8, 4) is 0 Å². The monoisotopic (exact) mass is 331 g/mol. The van der Waals surface area contributed by atoms with Crippen molar-refractivity contribution < 1.29 is 9.18 Å². The summed E-state index contributed by atoms with van der Waals surface area (Å²) in [5.74, 6) is -0.827. The minimum atomic E-state index is -0.524. The largest absolute Gasteiger partial charge is 0.321 e. The first kappa shape index (κ1) is 15.5. The van der Waals surface area contributed by atoms with E-state index < -0.39 is 5.82 Å². The molecule has 0 unspecified atom stereocenters. The molecule has 0 aliphatic carbocycles. The maximum atomic E-state index is 13.2. The van der Waals surface area contributed by atoms with E-state index in [9.17, 15) is 9.18 Å². The van der Waals surface area contributed by atoms with Gasteiger partial charge in [-0.05, 0) is 43.2 Å². The molecular weight excluding hydrogens is 317 g/mol. The van der Waals surface area contributed by atoms with E-state index in [2.05, 4.69) is 10.3 Å². The number of hydrogen-bond acceptors (Lipinski definition) is 2. The van der Waals surface area contributed by atoms with Gasteiger partial charge in [0.15, 0.2) is 0 Å². The number of aromatic nitrogens is 2. The maximum absolute atomic E-state index is 13.2. The smallest absolute Gasteiger partial charge is 0.274 e. The normalized spacial score (nSPS) is 11.0. The second kappa shape index (κ2) is 6.01. The molecule has 0 saturated heterocycles. The number of nitrogens with zero attached hydrogens (tertiary/aromatic N) is 2. The van der Waals surface area contributed by atoms with E-state index in [1.807, 2.05) is 26.0 Å². The van der Waals surface area contributed by atoms with Gasteiger partial charge in [-0.1, -0.05) is 24.6 Å². The minimum Gasteiger partial charge on any atom is -0.321 e. The van der Waals surface area contributed by atoms with Gasteiger partial charge in [-0.2, -0.15) is 0 Å². The van der Waals surface area contributed by atoms with Crippen molar-refractivity contribution in [2.75, 3.05) is 5.32 Å². The highest BCUT2D eigenvalue weighted by molar-refractivity contribution is 6.31. The summed E-state index contributed by atoms with van der Waals surface area (Å²) in [6.07, 6.45) is 2.44. The molecule has 0 atom stereocenters. The molecular formula is C17H15ClFN3O. The average Bonchev–Trinajstić information content (AvgIpc) is 2.91. The van der Waals surface area contributed by atoms with Gasteiger partial charge in [0.1, 0.15) is 17.2 Å². The Bertz CT molecular complexity index is 904. The lowest BCUT2D eigenvalue weighted by Crippen LogP contribution is -2.16. The first-order chi connectivity index (χ1) is 11.0. The summed E-state index contributed by atoms with van der Waals surface area (Å²) in [6, 6.07) is 7.89. The number of carbonyl (C=O) groups is 1. The zero-order chi connectivity index (χ0) is 16.6. The van der Waals surface area contributed by atoms with E-state index in [0.717, 1.165) is 11.2 Å². The van der Waals surface area contributed by atoms with Crippen molar-refractivity contribution in [2.45, 2.75) is 20.3 Å². The Morgan fingerprint density at radius 3 is 2.87 bits per heavy atom. The molecule has 0 saturated carbocycles. The zero-order valence-electron chi connectivity index (χ0n) is 12.7. The minimum absolute atomic E-state index is 0.0347. The van der Waals surface area contributed by atoms with Gasteiger partial charge < -0.3 is 5.32 Å². The van der Waals surface area contributed by atoms with Crippen LogP contribution in [0.2, 0.25) is 5.02 Å². The number of rotatable bonds is 3. The molecule has 0 fully saturated rings. The molecule has 0 spiro atoms. The molecule has 2 aromatic heterocycles. The quantitative estimate of drug-likeness (QED) is 0.780. The van der Waals surface area contributed by atoms with Crippen molar-refractivity contribution >= 4 is 28.8 Å². The van der Waals surface area contributed by atoms with E-state index in [1.54, 1.807) is 10.6 Å². The highest BCUT2D eigenvalue weighted by atomic mass is 35.5. The standard InChI is InChI=1S/C17H15ClFN3O/c1-3-14-15(22-8-4-5-10(2)16(22)21-14)17(23)20-11-6-7-13(19)12(18)9-11/h4-9H,3H2,1-2H3,(H,20,23). The van der Waals surface area contributed by atoms with Gasteiger partial charge in [0.25, 0.3) is 5.91 Å². The Kier molecular flexibility index (Phi) is 4.05. The second-order valence-corrected chi connectivity index (χ2v) is 5.64. The number of anilines is 1. The lowest BCUT2D eigenvalue weighted by molar-refractivity contribution is 0.102. The van der Waals surface area contributed by atoms with Gasteiger partial charge in [-0.15, -0.1) is 0 Å². The van der Waals surface area contributed by atoms with Gasteiger partial charge >= 0.3 is 0 Å². The second-order valence-electron chi connectivity index (χ2n) is 5.23. The van der Waals surface area contributed by atoms with Crippen LogP contribution in [0.4, 0.5) is 10.1 Å². The van der Waals surface area contributed by atoms with Gasteiger partial charge in [0.2, 0.25) is 0 Å². The first-order valence-electron chi connectivity index (χ1n) is 7.24. The Morgan fingerprint density at radius 1 is 1.39 bits per heavy atom. The predicted molar refractivity (Wildman–Crippen MR) is 88.7 cm³/mol. The Labute approximate surface area is 137 Å². The van der Waals surface area contributed by atoms with Gasteiger partial charge in [-0.25, -0.2) is 9.37 Å². The van der Waals surface area contributed by atoms with Crippen LogP contribution in [-0.2, 0) is 6.42 Å². The summed E-state index contributed by atoms with van der Waals surface area (Å²) in [6.45, 7) is 3.89. The summed E-state index contributed by atoms with van der Waals surface area (Å²) in [7, 11) is 0. The fraction of sp³-hybridized carbons (Fsp3) is 0.176. The summed E-state index contributed by atoms with van der Waals surface area (Å²) in [5.41, 5.74) is 3.38. The molecule has 23 heavy (non-hydrogen) atoms. The molecule has 118 valence electrons. The third-order valence-electron chi connectivity index (χ3n) is 3.64. The van der Waals surface area contributed by atoms with Gasteiger partial charge in [0, 0.05) is 11.9 Å². The van der Waals surface area contributed by atoms with Crippen LogP contribution in [0, 0.1) is 12.7 Å². The Hall–Kier alpha value is -2.40. The van der Waals surface area contributed by atoms with Crippen LogP contribution in [0.1, 0.15) is 28.7 Å². The highest BCUT2D eigenvalue weighted by Crippen LogP contribution is 2.22. The Balaban J connectivity index is 2.03. The topological polar surface area (TPSA) is 46.4 Å². The van der Waals surface area contributed by atoms with E-state index >= 15 is 0 Å². The molecule has 2 heterocycles. The highest BCUT2D eigenvalue weighted by Gasteiger charge is 2.19. The fourth-order valence-electron chi connectivity index (χ4n) is 2.50. The molecule has 1 N–H and O–H groups in total. The lowest BCUT2D eigenvalue weighted by Gasteiger charge is -2.07. The van der Waals surface area contributed by atoms with Crippen molar-refractivity contribution in [3.05, 3.63) is 64.3 Å². The van der Waals surface area contributed by atoms with Crippen molar-refractivity contribution in [1.82, 2.24) is 9.38 Å². The number of carbonyl (C=O) groups excluding carboxylic acids is 1. The zero-order valence-corrected chi connectivity index (χ0v) is 13.5. The fourth-order valence-corrected chi connectivity index (χ4v) is 2.68. The van der Waals surface area contributed by atoms with E-state index in [4.69, 9.17) is 11.6 Å². The Morgan fingerprint density at radius 2 is 2.17 bits per heavy atom. The number of hydrogen-bond donors (Lipinski definition) is 1. The predicted octanol–water partition coefficient (Wildman–Crippen LogP) is 4.25. The summed E-state index contributed by atoms with van der Waals surface area (Å²) in [4.78, 5) is 17.2. The molecule has 3 rings (SSSR count). The third kappa shape index (κ3) is 2.80. The number of fused-ring (bicyclic) bond motifs is 1. The van der Waals surface area contributed by atoms with Crippen LogP contribution in [0.15, 0.2) is 36.5 Å². The van der Waals surface area contributed by atoms with Crippen LogP contribution in [-0.4, -0.2) is 15.3 Å². The number of imidazole rings is 1. The van der Waals surface area contributed by atoms with Crippen LogP contribution in [0.25, 0.3) is 5.65 Å². The number of benzene rings is 1. The first-order valence-corrected chi connectivity index (χ1v) is 7.62. The van der Waals surface area contributed by atoms with Crippen LogP contribution in [0.3, 0.4) is 0 Å². The number of pyridine rings is 1. The summed E-state index contributed by atoms with van der Waals surface area (Å²) in [5, 5.41) is 2.71. The van der Waals surface area contributed by atoms with Crippen molar-refractivity contribution in [3.63, 3.8) is 0 Å². The molecule has 0 bridgehead atoms. The van der Waals surface area contributed by atoms with Gasteiger partial charge in [-0.3, -0.25) is 9.20 Å². The number of aryl methyl sites for hydroxylation is 2. The third-order valence-corrected chi connectivity index (χ3v) is 3.93.